The van der Waals surface area contributed by atoms with E-state index in [4.69, 9.17) is 4.98 Å². The standard InChI is InChI=1S/C15H23N5/c1-3-8-20-14-4-5-17-11-13(14)18-15(20)12(2)19-9-6-16-7-10-19/h4-5,11-12,16H,3,6-10H2,1-2H3. The maximum atomic E-state index is 4.84. The quantitative estimate of drug-likeness (QED) is 0.923. The van der Waals surface area contributed by atoms with E-state index in [1.807, 2.05) is 12.4 Å². The van der Waals surface area contributed by atoms with E-state index >= 15 is 0 Å². The highest BCUT2D eigenvalue weighted by Gasteiger charge is 2.23. The molecule has 1 N–H and O–H groups in total. The molecule has 0 spiro atoms. The van der Waals surface area contributed by atoms with Crippen LogP contribution in [0.15, 0.2) is 18.5 Å². The first kappa shape index (κ1) is 13.5. The van der Waals surface area contributed by atoms with E-state index in [-0.39, 0.29) is 0 Å². The third-order valence-corrected chi connectivity index (χ3v) is 4.10. The molecule has 5 heteroatoms. The lowest BCUT2D eigenvalue weighted by molar-refractivity contribution is 0.176. The zero-order valence-electron chi connectivity index (χ0n) is 12.3. The highest BCUT2D eigenvalue weighted by Crippen LogP contribution is 2.24. The van der Waals surface area contributed by atoms with Gasteiger partial charge >= 0.3 is 0 Å². The van der Waals surface area contributed by atoms with Gasteiger partial charge in [-0.3, -0.25) is 9.88 Å². The van der Waals surface area contributed by atoms with Crippen molar-refractivity contribution in [3.8, 4) is 0 Å². The SMILES string of the molecule is CCCn1c(C(C)N2CCNCC2)nc2cnccc21. The Labute approximate surface area is 120 Å². The van der Waals surface area contributed by atoms with Crippen LogP contribution in [0, 0.1) is 0 Å². The average molecular weight is 273 g/mol. The molecule has 1 unspecified atom stereocenters. The van der Waals surface area contributed by atoms with Crippen molar-refractivity contribution in [1.82, 2.24) is 24.8 Å². The predicted octanol–water partition coefficient (Wildman–Crippen LogP) is 1.81. The third-order valence-electron chi connectivity index (χ3n) is 4.10. The minimum absolute atomic E-state index is 0.357. The predicted molar refractivity (Wildman–Crippen MR) is 80.7 cm³/mol. The first-order valence-electron chi connectivity index (χ1n) is 7.56. The van der Waals surface area contributed by atoms with Crippen molar-refractivity contribution in [2.75, 3.05) is 26.2 Å². The average Bonchev–Trinajstić information content (AvgIpc) is 2.87. The maximum Gasteiger partial charge on any atom is 0.127 e. The second-order valence-corrected chi connectivity index (χ2v) is 5.45. The van der Waals surface area contributed by atoms with E-state index in [9.17, 15) is 0 Å². The zero-order chi connectivity index (χ0) is 13.9. The number of imidazole rings is 1. The van der Waals surface area contributed by atoms with Crippen LogP contribution in [-0.4, -0.2) is 45.6 Å². The molecule has 108 valence electrons. The molecule has 0 amide bonds. The number of rotatable bonds is 4. The highest BCUT2D eigenvalue weighted by atomic mass is 15.2. The maximum absolute atomic E-state index is 4.84. The molecule has 1 aliphatic heterocycles. The Kier molecular flexibility index (Phi) is 3.98. The number of aromatic nitrogens is 3. The van der Waals surface area contributed by atoms with E-state index in [1.165, 1.54) is 11.3 Å². The van der Waals surface area contributed by atoms with Crippen molar-refractivity contribution in [1.29, 1.82) is 0 Å². The molecule has 0 radical (unpaired) electrons. The van der Waals surface area contributed by atoms with E-state index < -0.39 is 0 Å². The van der Waals surface area contributed by atoms with Crippen LogP contribution in [0.2, 0.25) is 0 Å². The molecule has 1 saturated heterocycles. The Balaban J connectivity index is 1.98. The lowest BCUT2D eigenvalue weighted by atomic mass is 10.2. The molecule has 2 aromatic heterocycles. The van der Waals surface area contributed by atoms with Crippen molar-refractivity contribution < 1.29 is 0 Å². The van der Waals surface area contributed by atoms with Crippen molar-refractivity contribution >= 4 is 11.0 Å². The molecule has 5 nitrogen and oxygen atoms in total. The molecule has 2 aromatic rings. The fraction of sp³-hybridized carbons (Fsp3) is 0.600. The number of nitrogens with zero attached hydrogens (tertiary/aromatic N) is 4. The number of fused-ring (bicyclic) bond motifs is 1. The van der Waals surface area contributed by atoms with Gasteiger partial charge in [-0.05, 0) is 19.4 Å². The number of pyridine rings is 1. The van der Waals surface area contributed by atoms with Gasteiger partial charge in [-0.15, -0.1) is 0 Å². The summed E-state index contributed by atoms with van der Waals surface area (Å²) in [5.41, 5.74) is 2.22. The first-order valence-corrected chi connectivity index (χ1v) is 7.56. The summed E-state index contributed by atoms with van der Waals surface area (Å²) in [6.45, 7) is 9.83. The summed E-state index contributed by atoms with van der Waals surface area (Å²) in [6.07, 6.45) is 4.85. The Hall–Kier alpha value is -1.46. The molecule has 1 fully saturated rings. The summed E-state index contributed by atoms with van der Waals surface area (Å²) in [4.78, 5) is 11.6. The van der Waals surface area contributed by atoms with E-state index in [0.29, 0.717) is 6.04 Å². The smallest absolute Gasteiger partial charge is 0.127 e. The topological polar surface area (TPSA) is 46.0 Å². The summed E-state index contributed by atoms with van der Waals surface area (Å²) in [5, 5.41) is 3.41. The molecule has 0 bridgehead atoms. The van der Waals surface area contributed by atoms with Gasteiger partial charge in [-0.1, -0.05) is 6.92 Å². The Morgan fingerprint density at radius 3 is 2.90 bits per heavy atom. The van der Waals surface area contributed by atoms with Crippen LogP contribution in [0.3, 0.4) is 0 Å². The number of hydrogen-bond donors (Lipinski definition) is 1. The van der Waals surface area contributed by atoms with Gasteiger partial charge in [0.25, 0.3) is 0 Å². The molecule has 3 rings (SSSR count). The monoisotopic (exact) mass is 273 g/mol. The summed E-state index contributed by atoms with van der Waals surface area (Å²) < 4.78 is 2.36. The van der Waals surface area contributed by atoms with Crippen molar-refractivity contribution in [2.24, 2.45) is 0 Å². The number of piperazine rings is 1. The van der Waals surface area contributed by atoms with Gasteiger partial charge in [0.05, 0.1) is 17.8 Å². The largest absolute Gasteiger partial charge is 0.327 e. The third kappa shape index (κ3) is 2.43. The van der Waals surface area contributed by atoms with Crippen LogP contribution in [0.5, 0.6) is 0 Å². The minimum Gasteiger partial charge on any atom is -0.327 e. The second-order valence-electron chi connectivity index (χ2n) is 5.45. The summed E-state index contributed by atoms with van der Waals surface area (Å²) >= 11 is 0. The van der Waals surface area contributed by atoms with Crippen LogP contribution in [-0.2, 0) is 6.54 Å². The lowest BCUT2D eigenvalue weighted by Crippen LogP contribution is -2.45. The van der Waals surface area contributed by atoms with Crippen molar-refractivity contribution in [2.45, 2.75) is 32.9 Å². The Bertz CT molecular complexity index is 571. The van der Waals surface area contributed by atoms with Gasteiger partial charge in [0.1, 0.15) is 11.3 Å². The molecule has 0 saturated carbocycles. The zero-order valence-corrected chi connectivity index (χ0v) is 12.3. The summed E-state index contributed by atoms with van der Waals surface area (Å²) in [6, 6.07) is 2.43. The lowest BCUT2D eigenvalue weighted by Gasteiger charge is -2.32. The molecule has 3 heterocycles. The number of nitrogens with one attached hydrogen (secondary N) is 1. The van der Waals surface area contributed by atoms with Gasteiger partial charge < -0.3 is 9.88 Å². The fourth-order valence-corrected chi connectivity index (χ4v) is 3.01. The molecule has 1 aliphatic rings. The normalized spacial score (nSPS) is 18.5. The molecule has 0 aliphatic carbocycles. The number of aryl methyl sites for hydroxylation is 1. The number of hydrogen-bond acceptors (Lipinski definition) is 4. The summed E-state index contributed by atoms with van der Waals surface area (Å²) in [7, 11) is 0. The van der Waals surface area contributed by atoms with Crippen molar-refractivity contribution in [3.05, 3.63) is 24.3 Å². The molecule has 0 aromatic carbocycles. The van der Waals surface area contributed by atoms with Crippen molar-refractivity contribution in [3.63, 3.8) is 0 Å². The van der Waals surface area contributed by atoms with Crippen LogP contribution < -0.4 is 5.32 Å². The van der Waals surface area contributed by atoms with Crippen LogP contribution in [0.1, 0.15) is 32.1 Å². The van der Waals surface area contributed by atoms with Gasteiger partial charge in [-0.25, -0.2) is 4.98 Å². The summed E-state index contributed by atoms with van der Waals surface area (Å²) in [5.74, 6) is 1.18. The van der Waals surface area contributed by atoms with Gasteiger partial charge in [0.15, 0.2) is 0 Å². The van der Waals surface area contributed by atoms with E-state index in [1.54, 1.807) is 0 Å². The molecule has 20 heavy (non-hydrogen) atoms. The Morgan fingerprint density at radius 1 is 1.35 bits per heavy atom. The van der Waals surface area contributed by atoms with Crippen LogP contribution >= 0.6 is 0 Å². The van der Waals surface area contributed by atoms with E-state index in [0.717, 1.165) is 44.7 Å². The molecule has 1 atom stereocenters. The second kappa shape index (κ2) is 5.89. The van der Waals surface area contributed by atoms with Crippen LogP contribution in [0.4, 0.5) is 0 Å². The minimum atomic E-state index is 0.357. The van der Waals surface area contributed by atoms with E-state index in [2.05, 4.69) is 39.7 Å². The van der Waals surface area contributed by atoms with Crippen LogP contribution in [0.25, 0.3) is 11.0 Å². The molecular formula is C15H23N5. The first-order chi connectivity index (χ1) is 9.81. The van der Waals surface area contributed by atoms with Gasteiger partial charge in [-0.2, -0.15) is 0 Å². The Morgan fingerprint density at radius 2 is 2.15 bits per heavy atom. The van der Waals surface area contributed by atoms with Gasteiger partial charge in [0.2, 0.25) is 0 Å². The van der Waals surface area contributed by atoms with Gasteiger partial charge in [0, 0.05) is 38.9 Å². The molecular weight excluding hydrogens is 250 g/mol. The highest BCUT2D eigenvalue weighted by molar-refractivity contribution is 5.74. The fourth-order valence-electron chi connectivity index (χ4n) is 3.01.